The Morgan fingerprint density at radius 3 is 2.58 bits per heavy atom. The molecule has 4 heteroatoms. The minimum absolute atomic E-state index is 0.276. The molecule has 0 aromatic heterocycles. The Labute approximate surface area is 70.6 Å². The molecule has 0 bridgehead atoms. The minimum atomic E-state index is -0.276. The van der Waals surface area contributed by atoms with Crippen LogP contribution in [0, 0.1) is 5.82 Å². The SMILES string of the molecule is O[B]O/C=C/c1ccc(F)cc1. The van der Waals surface area contributed by atoms with Gasteiger partial charge in [-0.2, -0.15) is 0 Å². The number of hydrogen-bond acceptors (Lipinski definition) is 2. The van der Waals surface area contributed by atoms with Crippen LogP contribution in [-0.4, -0.2) is 12.7 Å². The van der Waals surface area contributed by atoms with Crippen LogP contribution in [0.5, 0.6) is 0 Å². The second-order valence-corrected chi connectivity index (χ2v) is 2.10. The Morgan fingerprint density at radius 1 is 1.33 bits per heavy atom. The maximum atomic E-state index is 12.4. The predicted octanol–water partition coefficient (Wildman–Crippen LogP) is 1.34. The van der Waals surface area contributed by atoms with Crippen molar-refractivity contribution in [1.82, 2.24) is 0 Å². The van der Waals surface area contributed by atoms with Crippen LogP contribution in [0.3, 0.4) is 0 Å². The molecule has 0 aliphatic carbocycles. The molecule has 1 N–H and O–H groups in total. The normalized spacial score (nSPS) is 10.2. The zero-order valence-corrected chi connectivity index (χ0v) is 6.27. The van der Waals surface area contributed by atoms with Gasteiger partial charge < -0.3 is 9.68 Å². The third-order valence-corrected chi connectivity index (χ3v) is 1.27. The summed E-state index contributed by atoms with van der Waals surface area (Å²) in [6, 6.07) is 5.91. The third-order valence-electron chi connectivity index (χ3n) is 1.27. The molecule has 1 aromatic rings. The largest absolute Gasteiger partial charge is 0.569 e. The molecule has 0 amide bonds. The van der Waals surface area contributed by atoms with Crippen LogP contribution in [0.15, 0.2) is 30.5 Å². The quantitative estimate of drug-likeness (QED) is 0.540. The Kier molecular flexibility index (Phi) is 3.35. The summed E-state index contributed by atoms with van der Waals surface area (Å²) in [5.41, 5.74) is 0.804. The zero-order valence-electron chi connectivity index (χ0n) is 6.27. The van der Waals surface area contributed by atoms with Crippen LogP contribution in [0.1, 0.15) is 5.56 Å². The van der Waals surface area contributed by atoms with E-state index in [1.165, 1.54) is 18.4 Å². The summed E-state index contributed by atoms with van der Waals surface area (Å²) in [6.07, 6.45) is 2.90. The summed E-state index contributed by atoms with van der Waals surface area (Å²) < 4.78 is 16.8. The van der Waals surface area contributed by atoms with Crippen molar-refractivity contribution in [1.29, 1.82) is 0 Å². The molecular weight excluding hydrogens is 158 g/mol. The fraction of sp³-hybridized carbons (Fsp3) is 0. The Hall–Kier alpha value is -1.29. The number of benzene rings is 1. The Morgan fingerprint density at radius 2 is 2.00 bits per heavy atom. The van der Waals surface area contributed by atoms with Crippen LogP contribution >= 0.6 is 0 Å². The highest BCUT2D eigenvalue weighted by atomic mass is 19.1. The van der Waals surface area contributed by atoms with Crippen molar-refractivity contribution in [2.45, 2.75) is 0 Å². The number of halogens is 1. The first-order valence-electron chi connectivity index (χ1n) is 3.36. The van der Waals surface area contributed by atoms with E-state index >= 15 is 0 Å². The topological polar surface area (TPSA) is 29.5 Å². The summed E-state index contributed by atoms with van der Waals surface area (Å²) in [4.78, 5) is 0. The summed E-state index contributed by atoms with van der Waals surface area (Å²) in [5.74, 6) is -0.276. The van der Waals surface area contributed by atoms with Gasteiger partial charge in [0, 0.05) is 0 Å². The van der Waals surface area contributed by atoms with Gasteiger partial charge in [-0.15, -0.1) is 0 Å². The predicted molar refractivity (Wildman–Crippen MR) is 44.5 cm³/mol. The highest BCUT2D eigenvalue weighted by Crippen LogP contribution is 2.04. The standard InChI is InChI=1S/C8H7BFO2/c10-8-3-1-7(2-4-8)5-6-12-9-11/h1-6,11H/b6-5+. The van der Waals surface area contributed by atoms with Crippen LogP contribution in [0.4, 0.5) is 4.39 Å². The van der Waals surface area contributed by atoms with Crippen molar-refractivity contribution < 1.29 is 14.1 Å². The molecular formula is C8H7BFO2. The van der Waals surface area contributed by atoms with E-state index in [2.05, 4.69) is 4.65 Å². The van der Waals surface area contributed by atoms with E-state index in [1.807, 2.05) is 0 Å². The zero-order chi connectivity index (χ0) is 8.81. The highest BCUT2D eigenvalue weighted by Gasteiger charge is 1.88. The summed E-state index contributed by atoms with van der Waals surface area (Å²) in [7, 11) is 0.569. The van der Waals surface area contributed by atoms with Crippen molar-refractivity contribution in [3.05, 3.63) is 41.9 Å². The van der Waals surface area contributed by atoms with Gasteiger partial charge in [0.25, 0.3) is 0 Å². The van der Waals surface area contributed by atoms with E-state index in [-0.39, 0.29) is 5.82 Å². The molecule has 0 aliphatic heterocycles. The fourth-order valence-corrected chi connectivity index (χ4v) is 0.727. The number of rotatable bonds is 3. The third kappa shape index (κ3) is 2.76. The van der Waals surface area contributed by atoms with E-state index in [0.29, 0.717) is 7.69 Å². The van der Waals surface area contributed by atoms with Gasteiger partial charge in [0.2, 0.25) is 0 Å². The molecule has 0 saturated carbocycles. The molecule has 0 heterocycles. The Bertz CT molecular complexity index is 258. The van der Waals surface area contributed by atoms with Crippen molar-refractivity contribution in [3.8, 4) is 0 Å². The average molecular weight is 165 g/mol. The maximum absolute atomic E-state index is 12.4. The van der Waals surface area contributed by atoms with Crippen molar-refractivity contribution >= 4 is 13.8 Å². The summed E-state index contributed by atoms with van der Waals surface area (Å²) in [5, 5.41) is 8.13. The van der Waals surface area contributed by atoms with Gasteiger partial charge in [-0.3, -0.25) is 0 Å². The first-order valence-corrected chi connectivity index (χ1v) is 3.36. The van der Waals surface area contributed by atoms with Gasteiger partial charge >= 0.3 is 7.69 Å². The second-order valence-electron chi connectivity index (χ2n) is 2.10. The molecule has 0 atom stereocenters. The lowest BCUT2D eigenvalue weighted by Crippen LogP contribution is -1.87. The van der Waals surface area contributed by atoms with Crippen molar-refractivity contribution in [2.24, 2.45) is 0 Å². The molecule has 0 unspecified atom stereocenters. The molecule has 12 heavy (non-hydrogen) atoms. The average Bonchev–Trinajstić information content (AvgIpc) is 2.09. The first-order chi connectivity index (χ1) is 5.83. The van der Waals surface area contributed by atoms with Gasteiger partial charge in [-0.25, -0.2) is 4.39 Å². The van der Waals surface area contributed by atoms with Crippen molar-refractivity contribution in [2.75, 3.05) is 0 Å². The fourth-order valence-electron chi connectivity index (χ4n) is 0.727. The number of hydrogen-bond donors (Lipinski definition) is 1. The van der Waals surface area contributed by atoms with E-state index < -0.39 is 0 Å². The van der Waals surface area contributed by atoms with E-state index in [1.54, 1.807) is 18.2 Å². The smallest absolute Gasteiger partial charge is 0.543 e. The lowest BCUT2D eigenvalue weighted by molar-refractivity contribution is 0.408. The van der Waals surface area contributed by atoms with Gasteiger partial charge in [0.15, 0.2) is 0 Å². The lowest BCUT2D eigenvalue weighted by Gasteiger charge is -1.92. The highest BCUT2D eigenvalue weighted by molar-refractivity contribution is 6.16. The molecule has 1 radical (unpaired) electrons. The van der Waals surface area contributed by atoms with Gasteiger partial charge in [-0.05, 0) is 23.8 Å². The van der Waals surface area contributed by atoms with Gasteiger partial charge in [0.1, 0.15) is 5.82 Å². The summed E-state index contributed by atoms with van der Waals surface area (Å²) >= 11 is 0. The Balaban J connectivity index is 2.58. The summed E-state index contributed by atoms with van der Waals surface area (Å²) in [6.45, 7) is 0. The first kappa shape index (κ1) is 8.81. The molecule has 0 aliphatic rings. The van der Waals surface area contributed by atoms with Gasteiger partial charge in [0.05, 0.1) is 6.26 Å². The van der Waals surface area contributed by atoms with E-state index in [9.17, 15) is 4.39 Å². The minimum Gasteiger partial charge on any atom is -0.543 e. The molecule has 61 valence electrons. The van der Waals surface area contributed by atoms with E-state index in [0.717, 1.165) is 5.56 Å². The molecule has 0 fully saturated rings. The van der Waals surface area contributed by atoms with E-state index in [4.69, 9.17) is 5.02 Å². The van der Waals surface area contributed by atoms with Gasteiger partial charge in [-0.1, -0.05) is 12.1 Å². The molecule has 2 nitrogen and oxygen atoms in total. The van der Waals surface area contributed by atoms with Crippen LogP contribution in [-0.2, 0) is 4.65 Å². The molecule has 0 saturated heterocycles. The van der Waals surface area contributed by atoms with Crippen LogP contribution in [0.2, 0.25) is 0 Å². The second kappa shape index (κ2) is 4.56. The van der Waals surface area contributed by atoms with Crippen LogP contribution in [0.25, 0.3) is 6.08 Å². The molecule has 0 spiro atoms. The van der Waals surface area contributed by atoms with Crippen molar-refractivity contribution in [3.63, 3.8) is 0 Å². The maximum Gasteiger partial charge on any atom is 0.569 e. The molecule has 1 rings (SSSR count). The molecule has 1 aromatic carbocycles. The lowest BCUT2D eigenvalue weighted by atomic mass is 10.2. The van der Waals surface area contributed by atoms with Crippen LogP contribution < -0.4 is 0 Å². The monoisotopic (exact) mass is 165 g/mol.